The molecule has 5 nitrogen and oxygen atoms in total. The number of nitrogens with one attached hydrogen (secondary N) is 1. The van der Waals surface area contributed by atoms with Crippen LogP contribution in [0.25, 0.3) is 0 Å². The van der Waals surface area contributed by atoms with Gasteiger partial charge in [0.1, 0.15) is 5.75 Å². The molecule has 0 unspecified atom stereocenters. The predicted molar refractivity (Wildman–Crippen MR) is 105 cm³/mol. The third kappa shape index (κ3) is 7.13. The molecule has 0 saturated carbocycles. The monoisotopic (exact) mass is 369 g/mol. The minimum absolute atomic E-state index is 0.0120. The highest BCUT2D eigenvalue weighted by Gasteiger charge is 2.19. The van der Waals surface area contributed by atoms with Crippen LogP contribution < -0.4 is 10.1 Å². The number of hydrogen-bond donors (Lipinski definition) is 1. The van der Waals surface area contributed by atoms with Crippen molar-refractivity contribution in [1.82, 2.24) is 5.32 Å². The van der Waals surface area contributed by atoms with Crippen molar-refractivity contribution >= 4 is 11.9 Å². The van der Waals surface area contributed by atoms with E-state index in [4.69, 9.17) is 9.47 Å². The average Bonchev–Trinajstić information content (AvgIpc) is 2.66. The van der Waals surface area contributed by atoms with Crippen molar-refractivity contribution in [2.24, 2.45) is 0 Å². The molecule has 0 heterocycles. The van der Waals surface area contributed by atoms with Crippen LogP contribution in [-0.2, 0) is 20.7 Å². The number of hydrogen-bond acceptors (Lipinski definition) is 4. The molecular formula is C22H27NO4. The lowest BCUT2D eigenvalue weighted by Gasteiger charge is -2.18. The molecule has 2 aromatic rings. The fraction of sp³-hybridized carbons (Fsp3) is 0.364. The molecule has 2 aromatic carbocycles. The lowest BCUT2D eigenvalue weighted by molar-refractivity contribution is -0.156. The van der Waals surface area contributed by atoms with E-state index in [2.05, 4.69) is 17.4 Å². The first-order chi connectivity index (χ1) is 13.0. The molecule has 0 saturated heterocycles. The van der Waals surface area contributed by atoms with Crippen molar-refractivity contribution in [2.75, 3.05) is 6.61 Å². The second kappa shape index (κ2) is 10.4. The van der Waals surface area contributed by atoms with E-state index >= 15 is 0 Å². The van der Waals surface area contributed by atoms with Gasteiger partial charge in [-0.3, -0.25) is 4.79 Å². The Morgan fingerprint density at radius 1 is 1.00 bits per heavy atom. The van der Waals surface area contributed by atoms with Crippen LogP contribution in [0.5, 0.6) is 5.75 Å². The Bertz CT molecular complexity index is 745. The minimum atomic E-state index is -0.864. The Hall–Kier alpha value is -2.82. The van der Waals surface area contributed by atoms with Gasteiger partial charge >= 0.3 is 5.97 Å². The molecule has 144 valence electrons. The maximum Gasteiger partial charge on any atom is 0.344 e. The highest BCUT2D eigenvalue weighted by molar-refractivity contribution is 5.83. The summed E-state index contributed by atoms with van der Waals surface area (Å²) in [5, 5.41) is 2.88. The second-order valence-electron chi connectivity index (χ2n) is 6.62. The van der Waals surface area contributed by atoms with Gasteiger partial charge in [-0.25, -0.2) is 4.79 Å². The Balaban J connectivity index is 1.70. The number of rotatable bonds is 9. The standard InChI is InChI=1S/C22H27NO4/c1-16-9-7-8-12-20(16)26-15-21(24)27-18(3)22(25)23-17(2)13-14-19-10-5-4-6-11-19/h4-12,17-18H,13-15H2,1-3H3,(H,23,25)/t17-,18+/m1/s1. The van der Waals surface area contributed by atoms with Crippen molar-refractivity contribution in [3.63, 3.8) is 0 Å². The van der Waals surface area contributed by atoms with E-state index in [1.165, 1.54) is 5.56 Å². The van der Waals surface area contributed by atoms with Crippen molar-refractivity contribution < 1.29 is 19.1 Å². The molecular weight excluding hydrogens is 342 g/mol. The van der Waals surface area contributed by atoms with E-state index in [-0.39, 0.29) is 18.6 Å². The molecule has 1 N–H and O–H groups in total. The number of para-hydroxylation sites is 1. The molecule has 2 atom stereocenters. The number of amides is 1. The van der Waals surface area contributed by atoms with E-state index in [0.29, 0.717) is 5.75 Å². The van der Waals surface area contributed by atoms with Gasteiger partial charge < -0.3 is 14.8 Å². The molecule has 0 fully saturated rings. The van der Waals surface area contributed by atoms with Gasteiger partial charge in [-0.1, -0.05) is 48.5 Å². The summed E-state index contributed by atoms with van der Waals surface area (Å²) in [5.74, 6) is -0.251. The molecule has 0 aliphatic heterocycles. The van der Waals surface area contributed by atoms with Crippen molar-refractivity contribution in [1.29, 1.82) is 0 Å². The number of carbonyl (C=O) groups excluding carboxylic acids is 2. The molecule has 0 radical (unpaired) electrons. The Labute approximate surface area is 160 Å². The van der Waals surface area contributed by atoms with Crippen LogP contribution in [0.4, 0.5) is 0 Å². The molecule has 27 heavy (non-hydrogen) atoms. The molecule has 0 aliphatic rings. The summed E-state index contributed by atoms with van der Waals surface area (Å²) in [6.45, 7) is 5.17. The van der Waals surface area contributed by atoms with Crippen LogP contribution in [-0.4, -0.2) is 30.6 Å². The predicted octanol–water partition coefficient (Wildman–Crippen LogP) is 3.44. The van der Waals surface area contributed by atoms with Crippen LogP contribution in [0.1, 0.15) is 31.4 Å². The molecule has 0 aliphatic carbocycles. The highest BCUT2D eigenvalue weighted by Crippen LogP contribution is 2.16. The maximum absolute atomic E-state index is 12.2. The molecule has 0 spiro atoms. The number of esters is 1. The molecule has 2 rings (SSSR count). The number of ether oxygens (including phenoxy) is 2. The van der Waals surface area contributed by atoms with Crippen molar-refractivity contribution in [3.05, 3.63) is 65.7 Å². The third-order valence-corrected chi connectivity index (χ3v) is 4.21. The summed E-state index contributed by atoms with van der Waals surface area (Å²) in [7, 11) is 0. The van der Waals surface area contributed by atoms with Gasteiger partial charge in [-0.05, 0) is 50.8 Å². The summed E-state index contributed by atoms with van der Waals surface area (Å²) in [5.41, 5.74) is 2.16. The molecule has 5 heteroatoms. The third-order valence-electron chi connectivity index (χ3n) is 4.21. The first-order valence-corrected chi connectivity index (χ1v) is 9.18. The van der Waals surface area contributed by atoms with E-state index < -0.39 is 12.1 Å². The van der Waals surface area contributed by atoms with E-state index in [1.807, 2.05) is 50.2 Å². The van der Waals surface area contributed by atoms with Crippen LogP contribution in [0.2, 0.25) is 0 Å². The summed E-state index contributed by atoms with van der Waals surface area (Å²) in [4.78, 5) is 24.1. The van der Waals surface area contributed by atoms with Gasteiger partial charge in [-0.2, -0.15) is 0 Å². The van der Waals surface area contributed by atoms with Gasteiger partial charge in [0.05, 0.1) is 0 Å². The fourth-order valence-electron chi connectivity index (χ4n) is 2.60. The lowest BCUT2D eigenvalue weighted by Crippen LogP contribution is -2.41. The SMILES string of the molecule is Cc1ccccc1OCC(=O)O[C@@H](C)C(=O)N[C@H](C)CCc1ccccc1. The maximum atomic E-state index is 12.2. The van der Waals surface area contributed by atoms with Crippen LogP contribution in [0, 0.1) is 6.92 Å². The number of aryl methyl sites for hydroxylation is 2. The van der Waals surface area contributed by atoms with E-state index in [1.54, 1.807) is 13.0 Å². The quantitative estimate of drug-likeness (QED) is 0.688. The molecule has 0 aromatic heterocycles. The summed E-state index contributed by atoms with van der Waals surface area (Å²) < 4.78 is 10.6. The lowest BCUT2D eigenvalue weighted by atomic mass is 10.1. The summed E-state index contributed by atoms with van der Waals surface area (Å²) >= 11 is 0. The van der Waals surface area contributed by atoms with E-state index in [0.717, 1.165) is 18.4 Å². The van der Waals surface area contributed by atoms with Gasteiger partial charge in [0, 0.05) is 6.04 Å². The number of carbonyl (C=O) groups is 2. The van der Waals surface area contributed by atoms with Gasteiger partial charge in [0.2, 0.25) is 0 Å². The van der Waals surface area contributed by atoms with Crippen molar-refractivity contribution in [2.45, 2.75) is 45.8 Å². The summed E-state index contributed by atoms with van der Waals surface area (Å²) in [6.07, 6.45) is 0.824. The fourth-order valence-corrected chi connectivity index (χ4v) is 2.60. The Morgan fingerprint density at radius 2 is 1.67 bits per heavy atom. The normalized spacial score (nSPS) is 12.7. The van der Waals surface area contributed by atoms with Crippen LogP contribution in [0.3, 0.4) is 0 Å². The highest BCUT2D eigenvalue weighted by atomic mass is 16.6. The Kier molecular flexibility index (Phi) is 7.86. The molecule has 0 bridgehead atoms. The van der Waals surface area contributed by atoms with Crippen molar-refractivity contribution in [3.8, 4) is 5.75 Å². The average molecular weight is 369 g/mol. The van der Waals surface area contributed by atoms with Gasteiger partial charge in [-0.15, -0.1) is 0 Å². The van der Waals surface area contributed by atoms with E-state index in [9.17, 15) is 9.59 Å². The Morgan fingerprint density at radius 3 is 2.37 bits per heavy atom. The van der Waals surface area contributed by atoms with Crippen LogP contribution in [0.15, 0.2) is 54.6 Å². The number of benzene rings is 2. The van der Waals surface area contributed by atoms with Gasteiger partial charge in [0.25, 0.3) is 5.91 Å². The smallest absolute Gasteiger partial charge is 0.344 e. The zero-order chi connectivity index (χ0) is 19.6. The topological polar surface area (TPSA) is 64.6 Å². The van der Waals surface area contributed by atoms with Crippen LogP contribution >= 0.6 is 0 Å². The first-order valence-electron chi connectivity index (χ1n) is 9.18. The first kappa shape index (κ1) is 20.5. The zero-order valence-corrected chi connectivity index (χ0v) is 16.1. The second-order valence-corrected chi connectivity index (χ2v) is 6.62. The van der Waals surface area contributed by atoms with Gasteiger partial charge in [0.15, 0.2) is 12.7 Å². The molecule has 1 amide bonds. The minimum Gasteiger partial charge on any atom is -0.482 e. The zero-order valence-electron chi connectivity index (χ0n) is 16.1. The largest absolute Gasteiger partial charge is 0.482 e. The summed E-state index contributed by atoms with van der Waals surface area (Å²) in [6, 6.07) is 17.5.